The fourth-order valence-corrected chi connectivity index (χ4v) is 12.8. The van der Waals surface area contributed by atoms with Gasteiger partial charge in [-0.25, -0.2) is 9.57 Å². The zero-order chi connectivity index (χ0) is 75.5. The van der Waals surface area contributed by atoms with Crippen LogP contribution in [0.1, 0.15) is 29.5 Å². The molecule has 10 rings (SSSR count). The van der Waals surface area contributed by atoms with Gasteiger partial charge in [-0.1, -0.05) is 79.7 Å². The first-order chi connectivity index (χ1) is 50.3. The minimum Gasteiger partial charge on any atom is -0.491 e. The number of carbonyl (C=O) groups is 6. The molecule has 0 aliphatic carbocycles. The van der Waals surface area contributed by atoms with Crippen LogP contribution in [0.25, 0.3) is 0 Å². The van der Waals surface area contributed by atoms with Crippen molar-refractivity contribution >= 4 is 47.4 Å². The molecule has 6 aliphatic heterocycles. The molecule has 4 fully saturated rings. The number of aliphatic hydroxyl groups is 13. The molecule has 6 aliphatic rings. The molecule has 1 unspecified atom stereocenters. The number of nitrogens with one attached hydrogen (secondary N) is 8. The summed E-state index contributed by atoms with van der Waals surface area (Å²) < 4.78 is 41.9. The van der Waals surface area contributed by atoms with E-state index >= 15 is 9.59 Å². The molecule has 38 nitrogen and oxygen atoms in total. The largest absolute Gasteiger partial charge is 0.491 e. The van der Waals surface area contributed by atoms with Crippen LogP contribution in [-0.4, -0.2) is 311 Å². The standard InChI is InChI=1S/C67H88N12O26/c1-29(32-10-6-3-7-11-32)44-60(96)73-36(20-30-12-14-35(15-13-30)101-64-56(93)53(90)57(41(26-82)103-64)105-65-55(92)52(89)50(87)42(104-65)28-100-34-18-16-33(17-19-34)99-27-31-8-4-2-5-9-31)59(95)77-45(47(84)37-21-71-66(68)75-37)62(98)78-46(61(97)74-38(24-80)58(94)70-23-43(83)76-44)48(85)39-22-72-67(69)79(39)63-54(91)51(88)49(86)40(25-81)102-63/h2-19,29,36-42,44-57,63-65,80-82,84-93H,20-28H2,1H3,(H11,68,69,70,71,72,73,74,75,76,77,78,83,94,95,96,97,98)/p+1/t29-,36-,37+,38+,39+,40+,41-,42+,44-,45+,46-,47-,48-,49+,50+,51+,52+,53?,54+,55+,56-,57+,63-,64-,65+/m1/s1. The van der Waals surface area contributed by atoms with Gasteiger partial charge in [-0.2, -0.15) is 0 Å². The average molecular weight is 1480 g/mol. The predicted octanol–water partition coefficient (Wildman–Crippen LogP) is -10.6. The number of aliphatic hydroxyl groups excluding tert-OH is 13. The van der Waals surface area contributed by atoms with E-state index in [4.69, 9.17) is 44.6 Å². The first-order valence-electron chi connectivity index (χ1n) is 33.7. The Hall–Kier alpha value is -9.04. The second-order valence-electron chi connectivity index (χ2n) is 26.0. The van der Waals surface area contributed by atoms with Crippen molar-refractivity contribution < 1.29 is 133 Å². The summed E-state index contributed by atoms with van der Waals surface area (Å²) in [4.78, 5) is 91.8. The van der Waals surface area contributed by atoms with Crippen molar-refractivity contribution in [2.75, 3.05) is 46.1 Å². The maximum atomic E-state index is 15.2. The zero-order valence-electron chi connectivity index (χ0n) is 56.4. The Bertz CT molecular complexity index is 3670. The van der Waals surface area contributed by atoms with Gasteiger partial charge in [0.25, 0.3) is 0 Å². The number of rotatable bonds is 22. The van der Waals surface area contributed by atoms with Crippen molar-refractivity contribution in [3.8, 4) is 17.2 Å². The highest BCUT2D eigenvalue weighted by atomic mass is 16.7. The lowest BCUT2D eigenvalue weighted by Gasteiger charge is -2.46. The molecular weight excluding hydrogens is 1390 g/mol. The van der Waals surface area contributed by atoms with E-state index < -0.39 is 227 Å². The molecule has 4 saturated heterocycles. The Kier molecular flexibility index (Phi) is 26.5. The van der Waals surface area contributed by atoms with Crippen LogP contribution in [0.5, 0.6) is 17.2 Å². The summed E-state index contributed by atoms with van der Waals surface area (Å²) in [6, 6.07) is 16.8. The minimum absolute atomic E-state index is 0.0719. The lowest BCUT2D eigenvalue weighted by molar-refractivity contribution is -0.663. The average Bonchev–Trinajstić information content (AvgIpc) is 1.56. The molecule has 0 radical (unpaired) electrons. The van der Waals surface area contributed by atoms with Crippen LogP contribution < -0.4 is 68.2 Å². The van der Waals surface area contributed by atoms with Crippen molar-refractivity contribution in [3.63, 3.8) is 0 Å². The smallest absolute Gasteiger partial charge is 0.346 e. The molecule has 4 aromatic rings. The maximum absolute atomic E-state index is 15.2. The van der Waals surface area contributed by atoms with E-state index in [0.29, 0.717) is 23.7 Å². The number of nitrogens with two attached hydrogens (primary N) is 2. The lowest BCUT2D eigenvalue weighted by atomic mass is 9.92. The van der Waals surface area contributed by atoms with Crippen molar-refractivity contribution in [2.45, 2.75) is 172 Å². The summed E-state index contributed by atoms with van der Waals surface area (Å²) in [7, 11) is 0. The monoisotopic (exact) mass is 1480 g/mol. The van der Waals surface area contributed by atoms with Gasteiger partial charge in [0.2, 0.25) is 48.0 Å². The van der Waals surface area contributed by atoms with Crippen LogP contribution in [0.4, 0.5) is 0 Å². The molecule has 25 atom stereocenters. The summed E-state index contributed by atoms with van der Waals surface area (Å²) in [5, 5.41) is 164. The van der Waals surface area contributed by atoms with Gasteiger partial charge in [0.05, 0.1) is 32.4 Å². The summed E-state index contributed by atoms with van der Waals surface area (Å²) in [5.41, 5.74) is 13.9. The molecule has 0 spiro atoms. The van der Waals surface area contributed by atoms with Gasteiger partial charge in [0.15, 0.2) is 12.2 Å². The second-order valence-corrected chi connectivity index (χ2v) is 26.0. The number of aliphatic imine (C=N–C) groups is 1. The zero-order valence-corrected chi connectivity index (χ0v) is 56.4. The molecule has 38 heteroatoms. The SMILES string of the molecule is C[C@H](c1ccccc1)[C@H]1NC(=O)CNC(=O)[C@H](CO)NC(=O)[C@@H]([C@H](O)[C@@H]2CNC(N)=[N+]2[C@@H]2O[C@@H](CO)[C@H](O)[C@H](O)[C@@H]2O)NC(=O)[C@H]([C@H](O)[C@@H]2CNC(N)=N2)NC(=O)[C@@H](Cc2ccc(O[C@@H]3O[C@H](CO)[C@H](O[C@@H]4O[C@@H](COc5ccc(OCc6ccccc6)cc5)[C@H](O)[C@H](O)[C@@H]4O)C(O)[C@H]3O)cc2)NC1=O. The number of benzene rings is 4. The van der Waals surface area contributed by atoms with Gasteiger partial charge in [-0.15, -0.1) is 0 Å². The van der Waals surface area contributed by atoms with E-state index in [1.807, 2.05) is 30.3 Å². The highest BCUT2D eigenvalue weighted by Gasteiger charge is 2.55. The van der Waals surface area contributed by atoms with Crippen LogP contribution in [0, 0.1) is 0 Å². The van der Waals surface area contributed by atoms with Gasteiger partial charge in [-0.05, 0) is 53.1 Å². The van der Waals surface area contributed by atoms with Crippen LogP contribution in [-0.2, 0) is 60.7 Å². The third-order valence-corrected chi connectivity index (χ3v) is 18.9. The molecule has 6 heterocycles. The number of hydrogen-bond acceptors (Lipinski definition) is 31. The Morgan fingerprint density at radius 3 is 1.74 bits per heavy atom. The third-order valence-electron chi connectivity index (χ3n) is 18.9. The Morgan fingerprint density at radius 1 is 0.524 bits per heavy atom. The topological polar surface area (TPSA) is 594 Å². The van der Waals surface area contributed by atoms with Gasteiger partial charge in [0.1, 0.15) is 159 Å². The summed E-state index contributed by atoms with van der Waals surface area (Å²) in [6.45, 7) is -3.02. The first-order valence-corrected chi connectivity index (χ1v) is 33.7. The normalized spacial score (nSPS) is 34.0. The van der Waals surface area contributed by atoms with E-state index in [1.165, 1.54) is 24.3 Å². The number of hydrogen-bond donors (Lipinski definition) is 23. The van der Waals surface area contributed by atoms with E-state index in [9.17, 15) is 85.6 Å². The lowest BCUT2D eigenvalue weighted by Crippen LogP contribution is -2.68. The molecule has 0 aromatic heterocycles. The molecule has 572 valence electrons. The number of nitrogens with zero attached hydrogens (tertiary/aromatic N) is 2. The quantitative estimate of drug-likeness (QED) is 0.0325. The minimum atomic E-state index is -2.34. The molecule has 105 heavy (non-hydrogen) atoms. The molecular formula is C67H89N12O26+. The first kappa shape index (κ1) is 78.5. The Balaban J connectivity index is 0.885. The maximum Gasteiger partial charge on any atom is 0.346 e. The number of guanidine groups is 2. The summed E-state index contributed by atoms with van der Waals surface area (Å²) >= 11 is 0. The molecule has 6 amide bonds. The van der Waals surface area contributed by atoms with E-state index in [1.54, 1.807) is 61.5 Å². The number of carbonyl (C=O) groups excluding carboxylic acids is 6. The van der Waals surface area contributed by atoms with Crippen molar-refractivity contribution in [1.82, 2.24) is 42.5 Å². The van der Waals surface area contributed by atoms with Crippen molar-refractivity contribution in [3.05, 3.63) is 126 Å². The third kappa shape index (κ3) is 18.6. The van der Waals surface area contributed by atoms with Gasteiger partial charge in [-0.3, -0.25) is 39.8 Å². The van der Waals surface area contributed by atoms with Crippen LogP contribution in [0.3, 0.4) is 0 Å². The number of ether oxygens (including phenoxy) is 7. The fourth-order valence-electron chi connectivity index (χ4n) is 12.8. The number of amides is 6. The van der Waals surface area contributed by atoms with Crippen LogP contribution >= 0.6 is 0 Å². The van der Waals surface area contributed by atoms with Crippen molar-refractivity contribution in [2.24, 2.45) is 16.5 Å². The van der Waals surface area contributed by atoms with Gasteiger partial charge >= 0.3 is 5.96 Å². The molecule has 0 saturated carbocycles. The molecule has 25 N–H and O–H groups in total. The Morgan fingerprint density at radius 2 is 1.10 bits per heavy atom. The van der Waals surface area contributed by atoms with E-state index in [-0.39, 0.29) is 36.4 Å². The highest BCUT2D eigenvalue weighted by Crippen LogP contribution is 2.33. The Labute approximate surface area is 598 Å². The fraction of sp³-hybridized carbons (Fsp3) is 0.522. The molecule has 4 aromatic carbocycles. The molecule has 0 bridgehead atoms. The highest BCUT2D eigenvalue weighted by molar-refractivity contribution is 5.98. The second kappa shape index (κ2) is 35.4. The summed E-state index contributed by atoms with van der Waals surface area (Å²) in [5.74, 6) is -8.00. The van der Waals surface area contributed by atoms with Crippen LogP contribution in [0.2, 0.25) is 0 Å². The predicted molar refractivity (Wildman–Crippen MR) is 358 cm³/mol. The van der Waals surface area contributed by atoms with Gasteiger partial charge < -0.3 is 142 Å². The van der Waals surface area contributed by atoms with Crippen molar-refractivity contribution in [1.29, 1.82) is 0 Å². The van der Waals surface area contributed by atoms with E-state index in [2.05, 4.69) is 47.5 Å². The van der Waals surface area contributed by atoms with E-state index in [0.717, 1.165) is 10.1 Å². The van der Waals surface area contributed by atoms with Gasteiger partial charge in [0, 0.05) is 18.9 Å². The summed E-state index contributed by atoms with van der Waals surface area (Å²) in [6.07, 6.45) is -31.6. The van der Waals surface area contributed by atoms with Crippen LogP contribution in [0.15, 0.2) is 114 Å².